The molecule has 2 N–H and O–H groups in total. The number of aryl methyl sites for hydroxylation is 1. The van der Waals surface area contributed by atoms with E-state index in [1.54, 1.807) is 12.1 Å². The van der Waals surface area contributed by atoms with E-state index in [0.717, 1.165) is 44.1 Å². The van der Waals surface area contributed by atoms with Gasteiger partial charge in [-0.1, -0.05) is 61.0 Å². The first-order valence-corrected chi connectivity index (χ1v) is 12.0. The minimum atomic E-state index is -0.937. The summed E-state index contributed by atoms with van der Waals surface area (Å²) in [5.41, 5.74) is 2.54. The zero-order chi connectivity index (χ0) is 23.3. The first-order valence-electron chi connectivity index (χ1n) is 12.0. The number of aromatic carboxylic acids is 1. The van der Waals surface area contributed by atoms with E-state index in [9.17, 15) is 14.7 Å². The molecule has 0 unspecified atom stereocenters. The van der Waals surface area contributed by atoms with Crippen molar-refractivity contribution in [2.45, 2.75) is 63.5 Å². The van der Waals surface area contributed by atoms with Crippen molar-refractivity contribution in [1.82, 2.24) is 4.90 Å². The Labute approximate surface area is 195 Å². The molecule has 0 spiro atoms. The van der Waals surface area contributed by atoms with E-state index in [1.807, 2.05) is 35.3 Å². The Kier molecular flexibility index (Phi) is 7.29. The quantitative estimate of drug-likeness (QED) is 0.520. The van der Waals surface area contributed by atoms with Crippen molar-refractivity contribution in [3.05, 3.63) is 83.4 Å². The third-order valence-electron chi connectivity index (χ3n) is 7.46. The molecule has 4 rings (SSSR count). The van der Waals surface area contributed by atoms with Crippen LogP contribution in [-0.4, -0.2) is 45.7 Å². The van der Waals surface area contributed by atoms with Crippen LogP contribution in [0.15, 0.2) is 66.7 Å². The second-order valence-corrected chi connectivity index (χ2v) is 9.48. The van der Waals surface area contributed by atoms with Crippen LogP contribution < -0.4 is 0 Å². The number of amides is 1. The molecule has 0 radical (unpaired) electrons. The highest BCUT2D eigenvalue weighted by Gasteiger charge is 2.42. The number of hydrogen-bond donors (Lipinski definition) is 2. The summed E-state index contributed by atoms with van der Waals surface area (Å²) in [6.45, 7) is 0.593. The van der Waals surface area contributed by atoms with Crippen molar-refractivity contribution < 1.29 is 19.8 Å². The van der Waals surface area contributed by atoms with Crippen LogP contribution in [0.1, 0.15) is 60.0 Å². The molecule has 1 amide bonds. The molecular formula is C28H33NO4. The Hall–Kier alpha value is -2.92. The predicted octanol–water partition coefficient (Wildman–Crippen LogP) is 4.64. The van der Waals surface area contributed by atoms with E-state index in [4.69, 9.17) is 5.11 Å². The number of carbonyl (C=O) groups is 2. The number of carbonyl (C=O) groups excluding carboxylic acids is 1. The van der Waals surface area contributed by atoms with Gasteiger partial charge < -0.3 is 15.1 Å². The number of carboxylic acid groups (broad SMARTS) is 1. The summed E-state index contributed by atoms with van der Waals surface area (Å²) in [6, 6.07) is 17.3. The lowest BCUT2D eigenvalue weighted by Gasteiger charge is -2.45. The average Bonchev–Trinajstić information content (AvgIpc) is 3.15. The minimum absolute atomic E-state index is 0.0108. The zero-order valence-electron chi connectivity index (χ0n) is 19.0. The van der Waals surface area contributed by atoms with Gasteiger partial charge in [0.2, 0.25) is 5.91 Å². The van der Waals surface area contributed by atoms with Gasteiger partial charge in [-0.2, -0.15) is 0 Å². The molecule has 2 aliphatic rings. The van der Waals surface area contributed by atoms with Crippen LogP contribution in [0.5, 0.6) is 0 Å². The van der Waals surface area contributed by atoms with Gasteiger partial charge in [0, 0.05) is 18.4 Å². The Balaban J connectivity index is 1.34. The van der Waals surface area contributed by atoms with Gasteiger partial charge in [-0.3, -0.25) is 4.79 Å². The molecule has 2 aromatic carbocycles. The highest BCUT2D eigenvalue weighted by atomic mass is 16.4. The molecule has 5 nitrogen and oxygen atoms in total. The number of benzene rings is 2. The number of hydrogen-bond acceptors (Lipinski definition) is 3. The van der Waals surface area contributed by atoms with Crippen molar-refractivity contribution in [1.29, 1.82) is 0 Å². The summed E-state index contributed by atoms with van der Waals surface area (Å²) in [7, 11) is 0. The molecule has 2 fully saturated rings. The molecule has 0 aromatic heterocycles. The number of carboxylic acids is 1. The highest BCUT2D eigenvalue weighted by Crippen LogP contribution is 2.48. The van der Waals surface area contributed by atoms with Crippen molar-refractivity contribution in [2.24, 2.45) is 5.41 Å². The monoisotopic (exact) mass is 447 g/mol. The number of rotatable bonds is 10. The van der Waals surface area contributed by atoms with Gasteiger partial charge in [0.15, 0.2) is 0 Å². The lowest BCUT2D eigenvalue weighted by atomic mass is 9.62. The first kappa shape index (κ1) is 23.2. The van der Waals surface area contributed by atoms with E-state index < -0.39 is 12.1 Å². The summed E-state index contributed by atoms with van der Waals surface area (Å²) in [6.07, 6.45) is 10.7. The molecular weight excluding hydrogens is 414 g/mol. The fourth-order valence-corrected chi connectivity index (χ4v) is 5.11. The van der Waals surface area contributed by atoms with Gasteiger partial charge in [-0.25, -0.2) is 4.79 Å². The second-order valence-electron chi connectivity index (χ2n) is 9.48. The Morgan fingerprint density at radius 1 is 1.06 bits per heavy atom. The van der Waals surface area contributed by atoms with E-state index in [2.05, 4.69) is 24.3 Å². The predicted molar refractivity (Wildman–Crippen MR) is 128 cm³/mol. The van der Waals surface area contributed by atoms with Gasteiger partial charge in [0.1, 0.15) is 0 Å². The SMILES string of the molecule is O=C(O)c1ccc(CCN2C(=O)CC[C@@H]2/C=C/[C@H](O)C2(CCc3ccccc3)CCC2)cc1. The second kappa shape index (κ2) is 10.3. The van der Waals surface area contributed by atoms with E-state index in [-0.39, 0.29) is 22.9 Å². The van der Waals surface area contributed by atoms with E-state index in [1.165, 1.54) is 5.56 Å². The minimum Gasteiger partial charge on any atom is -0.478 e. The summed E-state index contributed by atoms with van der Waals surface area (Å²) >= 11 is 0. The first-order chi connectivity index (χ1) is 16.0. The van der Waals surface area contributed by atoms with E-state index >= 15 is 0 Å². The number of likely N-dealkylation sites (tertiary alicyclic amines) is 1. The summed E-state index contributed by atoms with van der Waals surface area (Å²) in [5.74, 6) is -0.795. The van der Waals surface area contributed by atoms with Crippen LogP contribution in [0.4, 0.5) is 0 Å². The maximum atomic E-state index is 12.5. The Bertz CT molecular complexity index is 979. The molecule has 0 bridgehead atoms. The number of nitrogens with zero attached hydrogens (tertiary/aromatic N) is 1. The van der Waals surface area contributed by atoms with Gasteiger partial charge in [0.05, 0.1) is 17.7 Å². The fraction of sp³-hybridized carbons (Fsp3) is 0.429. The topological polar surface area (TPSA) is 77.8 Å². The summed E-state index contributed by atoms with van der Waals surface area (Å²) in [4.78, 5) is 25.4. The third-order valence-corrected chi connectivity index (χ3v) is 7.46. The molecule has 1 aliphatic heterocycles. The lowest BCUT2D eigenvalue weighted by Crippen LogP contribution is -2.41. The van der Waals surface area contributed by atoms with Crippen molar-refractivity contribution in [3.8, 4) is 0 Å². The zero-order valence-corrected chi connectivity index (χ0v) is 19.0. The summed E-state index contributed by atoms with van der Waals surface area (Å²) in [5, 5.41) is 20.1. The van der Waals surface area contributed by atoms with E-state index in [0.29, 0.717) is 19.4 Å². The molecule has 1 aliphatic carbocycles. The molecule has 33 heavy (non-hydrogen) atoms. The summed E-state index contributed by atoms with van der Waals surface area (Å²) < 4.78 is 0. The van der Waals surface area contributed by atoms with Gasteiger partial charge in [-0.05, 0) is 61.8 Å². The van der Waals surface area contributed by atoms with Crippen LogP contribution in [0.2, 0.25) is 0 Å². The van der Waals surface area contributed by atoms with Crippen molar-refractivity contribution >= 4 is 11.9 Å². The Morgan fingerprint density at radius 2 is 1.76 bits per heavy atom. The van der Waals surface area contributed by atoms with Crippen LogP contribution >= 0.6 is 0 Å². The van der Waals surface area contributed by atoms with Gasteiger partial charge in [-0.15, -0.1) is 0 Å². The van der Waals surface area contributed by atoms with Crippen LogP contribution in [0, 0.1) is 5.41 Å². The van der Waals surface area contributed by atoms with Crippen molar-refractivity contribution in [2.75, 3.05) is 6.54 Å². The van der Waals surface area contributed by atoms with Gasteiger partial charge in [0.25, 0.3) is 0 Å². The number of aliphatic hydroxyl groups is 1. The fourth-order valence-electron chi connectivity index (χ4n) is 5.11. The maximum absolute atomic E-state index is 12.5. The largest absolute Gasteiger partial charge is 0.478 e. The van der Waals surface area contributed by atoms with Crippen LogP contribution in [0.25, 0.3) is 0 Å². The third kappa shape index (κ3) is 5.53. The van der Waals surface area contributed by atoms with Crippen molar-refractivity contribution in [3.63, 3.8) is 0 Å². The Morgan fingerprint density at radius 3 is 2.39 bits per heavy atom. The van der Waals surface area contributed by atoms with Gasteiger partial charge >= 0.3 is 5.97 Å². The normalized spacial score (nSPS) is 20.7. The molecule has 1 saturated heterocycles. The molecule has 2 atom stereocenters. The number of aliphatic hydroxyl groups excluding tert-OH is 1. The van der Waals surface area contributed by atoms with Crippen LogP contribution in [-0.2, 0) is 17.6 Å². The smallest absolute Gasteiger partial charge is 0.335 e. The van der Waals surface area contributed by atoms with Crippen LogP contribution in [0.3, 0.4) is 0 Å². The molecule has 174 valence electrons. The average molecular weight is 448 g/mol. The maximum Gasteiger partial charge on any atom is 0.335 e. The highest BCUT2D eigenvalue weighted by molar-refractivity contribution is 5.87. The molecule has 2 aromatic rings. The lowest BCUT2D eigenvalue weighted by molar-refractivity contribution is -0.128. The molecule has 1 heterocycles. The molecule has 5 heteroatoms. The molecule has 1 saturated carbocycles. The standard InChI is InChI=1S/C28H33NO4/c30-25(28(17-4-18-28)19-15-21-5-2-1-3-6-21)13-11-24-12-14-26(31)29(24)20-16-22-7-9-23(10-8-22)27(32)33/h1-3,5-11,13,24-25,30H,4,12,14-20H2,(H,32,33)/b13-11+/t24-,25-/m0/s1.